The molecule has 1 fully saturated rings. The molecule has 72 valence electrons. The SMILES string of the molecule is O=S(=O)(O)CC[C@H]1COCCO1. The van der Waals surface area contributed by atoms with Gasteiger partial charge in [0.15, 0.2) is 0 Å². The molecule has 1 atom stereocenters. The van der Waals surface area contributed by atoms with Crippen molar-refractivity contribution in [3.63, 3.8) is 0 Å². The fourth-order valence-corrected chi connectivity index (χ4v) is 1.54. The van der Waals surface area contributed by atoms with Crippen molar-refractivity contribution in [2.75, 3.05) is 25.6 Å². The molecule has 1 aliphatic rings. The average molecular weight is 196 g/mol. The van der Waals surface area contributed by atoms with E-state index >= 15 is 0 Å². The molecular weight excluding hydrogens is 184 g/mol. The van der Waals surface area contributed by atoms with Gasteiger partial charge in [0.1, 0.15) is 0 Å². The van der Waals surface area contributed by atoms with Gasteiger partial charge >= 0.3 is 0 Å². The Bertz CT molecular complexity index is 216. The quantitative estimate of drug-likeness (QED) is 0.626. The van der Waals surface area contributed by atoms with Gasteiger partial charge in [-0.1, -0.05) is 0 Å². The zero-order valence-corrected chi connectivity index (χ0v) is 7.42. The molecule has 0 aromatic heterocycles. The first-order valence-corrected chi connectivity index (χ1v) is 5.33. The normalized spacial score (nSPS) is 25.6. The summed E-state index contributed by atoms with van der Waals surface area (Å²) in [5.74, 6) is -0.263. The predicted octanol–water partition coefficient (Wildman–Crippen LogP) is -0.320. The molecular formula is C6H12O5S. The summed E-state index contributed by atoms with van der Waals surface area (Å²) in [6.45, 7) is 1.47. The van der Waals surface area contributed by atoms with Crippen molar-refractivity contribution in [2.24, 2.45) is 0 Å². The Kier molecular flexibility index (Phi) is 3.45. The molecule has 0 bridgehead atoms. The molecule has 0 spiro atoms. The molecule has 12 heavy (non-hydrogen) atoms. The Labute approximate surface area is 71.4 Å². The first-order chi connectivity index (χ1) is 5.58. The van der Waals surface area contributed by atoms with Crippen LogP contribution < -0.4 is 0 Å². The van der Waals surface area contributed by atoms with Crippen molar-refractivity contribution in [1.29, 1.82) is 0 Å². The molecule has 1 aliphatic heterocycles. The van der Waals surface area contributed by atoms with E-state index in [4.69, 9.17) is 14.0 Å². The Morgan fingerprint density at radius 1 is 1.42 bits per heavy atom. The summed E-state index contributed by atoms with van der Waals surface area (Å²) in [6, 6.07) is 0. The first kappa shape index (κ1) is 9.91. The monoisotopic (exact) mass is 196 g/mol. The first-order valence-electron chi connectivity index (χ1n) is 3.72. The van der Waals surface area contributed by atoms with Crippen molar-refractivity contribution in [2.45, 2.75) is 12.5 Å². The molecule has 0 aromatic rings. The summed E-state index contributed by atoms with van der Waals surface area (Å²) in [4.78, 5) is 0. The lowest BCUT2D eigenvalue weighted by molar-refractivity contribution is -0.0885. The van der Waals surface area contributed by atoms with Crippen LogP contribution in [0, 0.1) is 0 Å². The van der Waals surface area contributed by atoms with Crippen LogP contribution in [0.15, 0.2) is 0 Å². The number of hydrogen-bond acceptors (Lipinski definition) is 4. The fourth-order valence-electron chi connectivity index (χ4n) is 0.984. The maximum atomic E-state index is 10.3. The highest BCUT2D eigenvalue weighted by Crippen LogP contribution is 2.05. The summed E-state index contributed by atoms with van der Waals surface area (Å²) in [5, 5.41) is 0. The molecule has 5 nitrogen and oxygen atoms in total. The second kappa shape index (κ2) is 4.18. The van der Waals surface area contributed by atoms with E-state index < -0.39 is 10.1 Å². The molecule has 0 unspecified atom stereocenters. The van der Waals surface area contributed by atoms with E-state index in [1.165, 1.54) is 0 Å². The van der Waals surface area contributed by atoms with Crippen molar-refractivity contribution < 1.29 is 22.4 Å². The molecule has 1 heterocycles. The number of rotatable bonds is 3. The molecule has 0 radical (unpaired) electrons. The van der Waals surface area contributed by atoms with Gasteiger partial charge in [-0.2, -0.15) is 8.42 Å². The van der Waals surface area contributed by atoms with E-state index in [0.29, 0.717) is 26.2 Å². The van der Waals surface area contributed by atoms with Crippen LogP contribution in [0.4, 0.5) is 0 Å². The van der Waals surface area contributed by atoms with E-state index in [9.17, 15) is 8.42 Å². The summed E-state index contributed by atoms with van der Waals surface area (Å²) in [6.07, 6.45) is 0.0967. The van der Waals surface area contributed by atoms with Gasteiger partial charge in [0.25, 0.3) is 10.1 Å². The minimum Gasteiger partial charge on any atom is -0.376 e. The van der Waals surface area contributed by atoms with Gasteiger partial charge < -0.3 is 9.47 Å². The minimum atomic E-state index is -3.86. The van der Waals surface area contributed by atoms with E-state index in [0.717, 1.165) is 0 Å². The van der Waals surface area contributed by atoms with Gasteiger partial charge in [-0.15, -0.1) is 0 Å². The zero-order valence-electron chi connectivity index (χ0n) is 6.60. The predicted molar refractivity (Wildman–Crippen MR) is 41.6 cm³/mol. The lowest BCUT2D eigenvalue weighted by Gasteiger charge is -2.22. The summed E-state index contributed by atoms with van der Waals surface area (Å²) >= 11 is 0. The molecule has 1 saturated heterocycles. The van der Waals surface area contributed by atoms with Crippen LogP contribution in [-0.2, 0) is 19.6 Å². The van der Waals surface area contributed by atoms with Gasteiger partial charge in [-0.3, -0.25) is 4.55 Å². The lowest BCUT2D eigenvalue weighted by atomic mass is 10.3. The third kappa shape index (κ3) is 4.01. The van der Waals surface area contributed by atoms with Crippen molar-refractivity contribution in [3.8, 4) is 0 Å². The van der Waals surface area contributed by atoms with E-state index in [1.807, 2.05) is 0 Å². The van der Waals surface area contributed by atoms with Crippen LogP contribution in [-0.4, -0.2) is 44.6 Å². The molecule has 0 amide bonds. The highest BCUT2D eigenvalue weighted by Gasteiger charge is 2.16. The molecule has 1 N–H and O–H groups in total. The largest absolute Gasteiger partial charge is 0.376 e. The van der Waals surface area contributed by atoms with Gasteiger partial charge in [-0.05, 0) is 6.42 Å². The number of hydrogen-bond donors (Lipinski definition) is 1. The third-order valence-corrected chi connectivity index (χ3v) is 2.33. The third-order valence-electron chi connectivity index (χ3n) is 1.58. The maximum absolute atomic E-state index is 10.3. The Hall–Kier alpha value is -0.170. The molecule has 6 heteroatoms. The zero-order chi connectivity index (χ0) is 9.03. The van der Waals surface area contributed by atoms with E-state index in [1.54, 1.807) is 0 Å². The Balaban J connectivity index is 2.22. The van der Waals surface area contributed by atoms with Crippen molar-refractivity contribution >= 4 is 10.1 Å². The highest BCUT2D eigenvalue weighted by atomic mass is 32.2. The fraction of sp³-hybridized carbons (Fsp3) is 1.00. The number of ether oxygens (including phenoxy) is 2. The van der Waals surface area contributed by atoms with Crippen LogP contribution in [0.1, 0.15) is 6.42 Å². The summed E-state index contributed by atoms with van der Waals surface area (Å²) in [5.41, 5.74) is 0. The van der Waals surface area contributed by atoms with Crippen molar-refractivity contribution in [3.05, 3.63) is 0 Å². The molecule has 0 aromatic carbocycles. The average Bonchev–Trinajstić information content (AvgIpc) is 2.02. The summed E-state index contributed by atoms with van der Waals surface area (Å²) in [7, 11) is -3.86. The van der Waals surface area contributed by atoms with Gasteiger partial charge in [0, 0.05) is 0 Å². The standard InChI is InChI=1S/C6H12O5S/c7-12(8,9)4-1-6-5-10-2-3-11-6/h6H,1-5H2,(H,7,8,9)/t6-/m0/s1. The van der Waals surface area contributed by atoms with Crippen molar-refractivity contribution in [1.82, 2.24) is 0 Å². The van der Waals surface area contributed by atoms with Gasteiger partial charge in [0.2, 0.25) is 0 Å². The molecule has 0 saturated carbocycles. The molecule has 0 aliphatic carbocycles. The van der Waals surface area contributed by atoms with Gasteiger partial charge in [-0.25, -0.2) is 0 Å². The van der Waals surface area contributed by atoms with E-state index in [2.05, 4.69) is 0 Å². The Morgan fingerprint density at radius 3 is 2.67 bits per heavy atom. The molecule has 1 rings (SSSR count). The second-order valence-electron chi connectivity index (χ2n) is 2.64. The van der Waals surface area contributed by atoms with Gasteiger partial charge in [0.05, 0.1) is 31.7 Å². The lowest BCUT2D eigenvalue weighted by Crippen LogP contribution is -2.30. The van der Waals surface area contributed by atoms with E-state index in [-0.39, 0.29) is 11.9 Å². The smallest absolute Gasteiger partial charge is 0.264 e. The minimum absolute atomic E-state index is 0.194. The van der Waals surface area contributed by atoms with Crippen LogP contribution in [0.5, 0.6) is 0 Å². The highest BCUT2D eigenvalue weighted by molar-refractivity contribution is 7.85. The van der Waals surface area contributed by atoms with Crippen LogP contribution >= 0.6 is 0 Å². The summed E-state index contributed by atoms with van der Waals surface area (Å²) < 4.78 is 39.3. The van der Waals surface area contributed by atoms with Crippen LogP contribution in [0.25, 0.3) is 0 Å². The maximum Gasteiger partial charge on any atom is 0.264 e. The Morgan fingerprint density at radius 2 is 2.17 bits per heavy atom. The topological polar surface area (TPSA) is 72.8 Å². The van der Waals surface area contributed by atoms with Crippen LogP contribution in [0.3, 0.4) is 0 Å². The van der Waals surface area contributed by atoms with Crippen LogP contribution in [0.2, 0.25) is 0 Å². The second-order valence-corrected chi connectivity index (χ2v) is 4.21.